The summed E-state index contributed by atoms with van der Waals surface area (Å²) < 4.78 is 1.58. The molecule has 0 atom stereocenters. The highest BCUT2D eigenvalue weighted by Gasteiger charge is 2.06. The molecule has 0 saturated heterocycles. The third-order valence-corrected chi connectivity index (χ3v) is 2.81. The van der Waals surface area contributed by atoms with Crippen molar-refractivity contribution in [3.05, 3.63) is 52.7 Å². The van der Waals surface area contributed by atoms with E-state index in [9.17, 15) is 4.79 Å². The van der Waals surface area contributed by atoms with Gasteiger partial charge in [0, 0.05) is 36.3 Å². The van der Waals surface area contributed by atoms with Gasteiger partial charge >= 0.3 is 0 Å². The molecule has 0 N–H and O–H groups in total. The Kier molecular flexibility index (Phi) is 3.09. The molecule has 2 aromatic rings. The molecule has 0 fully saturated rings. The van der Waals surface area contributed by atoms with Gasteiger partial charge in [-0.15, -0.1) is 0 Å². The summed E-state index contributed by atoms with van der Waals surface area (Å²) in [6.07, 6.45) is 3.52. The lowest BCUT2D eigenvalue weighted by Crippen LogP contribution is -2.17. The molecule has 3 heteroatoms. The van der Waals surface area contributed by atoms with E-state index < -0.39 is 0 Å². The Morgan fingerprint density at radius 3 is 2.59 bits per heavy atom. The van der Waals surface area contributed by atoms with Gasteiger partial charge in [0.15, 0.2) is 0 Å². The van der Waals surface area contributed by atoms with Crippen LogP contribution in [0.2, 0.25) is 0 Å². The number of aryl methyl sites for hydroxylation is 1. The second-order valence-electron chi connectivity index (χ2n) is 4.46. The molecule has 0 aliphatic rings. The van der Waals surface area contributed by atoms with Crippen LogP contribution in [0.4, 0.5) is 0 Å². The van der Waals surface area contributed by atoms with Crippen molar-refractivity contribution in [1.29, 1.82) is 0 Å². The van der Waals surface area contributed by atoms with E-state index in [4.69, 9.17) is 0 Å². The SMILES string of the molecule is CC(C)c1ccc(-c2cccn(C)c2=O)cn1. The highest BCUT2D eigenvalue weighted by Crippen LogP contribution is 2.17. The minimum Gasteiger partial charge on any atom is -0.318 e. The maximum absolute atomic E-state index is 11.9. The van der Waals surface area contributed by atoms with Crippen LogP contribution in [0.1, 0.15) is 25.5 Å². The summed E-state index contributed by atoms with van der Waals surface area (Å²) in [7, 11) is 1.75. The van der Waals surface area contributed by atoms with Crippen LogP contribution in [0.3, 0.4) is 0 Å². The van der Waals surface area contributed by atoms with Gasteiger partial charge in [-0.2, -0.15) is 0 Å². The van der Waals surface area contributed by atoms with E-state index in [2.05, 4.69) is 18.8 Å². The largest absolute Gasteiger partial charge is 0.318 e. The Balaban J connectivity index is 2.47. The summed E-state index contributed by atoms with van der Waals surface area (Å²) in [6, 6.07) is 7.63. The summed E-state index contributed by atoms with van der Waals surface area (Å²) in [5.41, 5.74) is 2.61. The van der Waals surface area contributed by atoms with Crippen molar-refractivity contribution >= 4 is 0 Å². The van der Waals surface area contributed by atoms with Crippen molar-refractivity contribution in [3.8, 4) is 11.1 Å². The highest BCUT2D eigenvalue weighted by atomic mass is 16.1. The van der Waals surface area contributed by atoms with E-state index in [0.29, 0.717) is 11.5 Å². The average Bonchev–Trinajstić information content (AvgIpc) is 2.33. The minimum atomic E-state index is 0.00611. The van der Waals surface area contributed by atoms with E-state index in [1.165, 1.54) is 0 Å². The molecular weight excluding hydrogens is 212 g/mol. The first-order valence-corrected chi connectivity index (χ1v) is 5.71. The lowest BCUT2D eigenvalue weighted by atomic mass is 10.1. The fourth-order valence-electron chi connectivity index (χ4n) is 1.72. The zero-order valence-corrected chi connectivity index (χ0v) is 10.3. The Labute approximate surface area is 101 Å². The summed E-state index contributed by atoms with van der Waals surface area (Å²) in [4.78, 5) is 16.3. The topological polar surface area (TPSA) is 34.9 Å². The van der Waals surface area contributed by atoms with Gasteiger partial charge in [0.1, 0.15) is 0 Å². The first kappa shape index (κ1) is 11.6. The van der Waals surface area contributed by atoms with Gasteiger partial charge in [-0.1, -0.05) is 19.9 Å². The van der Waals surface area contributed by atoms with E-state index in [-0.39, 0.29) is 5.56 Å². The fourth-order valence-corrected chi connectivity index (χ4v) is 1.72. The summed E-state index contributed by atoms with van der Waals surface area (Å²) >= 11 is 0. The second kappa shape index (κ2) is 4.53. The lowest BCUT2D eigenvalue weighted by Gasteiger charge is -2.06. The minimum absolute atomic E-state index is 0.00611. The molecule has 2 rings (SSSR count). The van der Waals surface area contributed by atoms with Gasteiger partial charge in [-0.3, -0.25) is 9.78 Å². The Morgan fingerprint density at radius 1 is 1.24 bits per heavy atom. The molecule has 2 heterocycles. The lowest BCUT2D eigenvalue weighted by molar-refractivity contribution is 0.822. The highest BCUT2D eigenvalue weighted by molar-refractivity contribution is 5.61. The molecular formula is C14H16N2O. The van der Waals surface area contributed by atoms with Crippen LogP contribution in [0.15, 0.2) is 41.5 Å². The third kappa shape index (κ3) is 2.28. The van der Waals surface area contributed by atoms with Crippen molar-refractivity contribution in [3.63, 3.8) is 0 Å². The van der Waals surface area contributed by atoms with Crippen LogP contribution >= 0.6 is 0 Å². The van der Waals surface area contributed by atoms with Gasteiger partial charge in [0.2, 0.25) is 0 Å². The van der Waals surface area contributed by atoms with Crippen molar-refractivity contribution in [2.75, 3.05) is 0 Å². The van der Waals surface area contributed by atoms with Gasteiger partial charge in [-0.05, 0) is 24.1 Å². The van der Waals surface area contributed by atoms with Crippen molar-refractivity contribution in [2.45, 2.75) is 19.8 Å². The predicted molar refractivity (Wildman–Crippen MR) is 69.0 cm³/mol. The standard InChI is InChI=1S/C14H16N2O/c1-10(2)13-7-6-11(9-15-13)12-5-4-8-16(3)14(12)17/h4-10H,1-3H3. The molecule has 0 amide bonds. The quantitative estimate of drug-likeness (QED) is 0.791. The first-order valence-electron chi connectivity index (χ1n) is 5.71. The molecule has 0 radical (unpaired) electrons. The number of aromatic nitrogens is 2. The number of hydrogen-bond donors (Lipinski definition) is 0. The van der Waals surface area contributed by atoms with Crippen LogP contribution in [0.5, 0.6) is 0 Å². The molecule has 3 nitrogen and oxygen atoms in total. The summed E-state index contributed by atoms with van der Waals surface area (Å²) in [6.45, 7) is 4.20. The van der Waals surface area contributed by atoms with Gasteiger partial charge in [0.05, 0.1) is 0 Å². The molecule has 88 valence electrons. The molecule has 0 spiro atoms. The third-order valence-electron chi connectivity index (χ3n) is 2.81. The summed E-state index contributed by atoms with van der Waals surface area (Å²) in [5.74, 6) is 0.405. The van der Waals surface area contributed by atoms with Crippen LogP contribution in [0.25, 0.3) is 11.1 Å². The molecule has 0 aromatic carbocycles. The fraction of sp³-hybridized carbons (Fsp3) is 0.286. The van der Waals surface area contributed by atoms with E-state index >= 15 is 0 Å². The maximum Gasteiger partial charge on any atom is 0.258 e. The van der Waals surface area contributed by atoms with Crippen LogP contribution in [-0.2, 0) is 7.05 Å². The zero-order chi connectivity index (χ0) is 12.4. The molecule has 0 bridgehead atoms. The van der Waals surface area contributed by atoms with E-state index in [0.717, 1.165) is 11.3 Å². The van der Waals surface area contributed by atoms with Crippen LogP contribution in [0, 0.1) is 0 Å². The molecule has 2 aromatic heterocycles. The molecule has 0 saturated carbocycles. The Hall–Kier alpha value is -1.90. The first-order chi connectivity index (χ1) is 8.09. The predicted octanol–water partition coefficient (Wildman–Crippen LogP) is 2.57. The van der Waals surface area contributed by atoms with Crippen molar-refractivity contribution in [1.82, 2.24) is 9.55 Å². The number of nitrogens with zero attached hydrogens (tertiary/aromatic N) is 2. The monoisotopic (exact) mass is 228 g/mol. The molecule has 0 unspecified atom stereocenters. The van der Waals surface area contributed by atoms with E-state index in [1.807, 2.05) is 24.3 Å². The zero-order valence-electron chi connectivity index (χ0n) is 10.3. The average molecular weight is 228 g/mol. The van der Waals surface area contributed by atoms with E-state index in [1.54, 1.807) is 24.0 Å². The van der Waals surface area contributed by atoms with Crippen LogP contribution < -0.4 is 5.56 Å². The second-order valence-corrected chi connectivity index (χ2v) is 4.46. The normalized spacial score (nSPS) is 10.8. The van der Waals surface area contributed by atoms with Crippen molar-refractivity contribution < 1.29 is 0 Å². The summed E-state index contributed by atoms with van der Waals surface area (Å²) in [5, 5.41) is 0. The molecule has 0 aliphatic carbocycles. The van der Waals surface area contributed by atoms with Gasteiger partial charge in [0.25, 0.3) is 5.56 Å². The van der Waals surface area contributed by atoms with Crippen LogP contribution in [-0.4, -0.2) is 9.55 Å². The Bertz CT molecular complexity index is 568. The maximum atomic E-state index is 11.9. The van der Waals surface area contributed by atoms with Gasteiger partial charge in [-0.25, -0.2) is 0 Å². The number of rotatable bonds is 2. The number of hydrogen-bond acceptors (Lipinski definition) is 2. The number of pyridine rings is 2. The smallest absolute Gasteiger partial charge is 0.258 e. The Morgan fingerprint density at radius 2 is 2.00 bits per heavy atom. The molecule has 0 aliphatic heterocycles. The van der Waals surface area contributed by atoms with Gasteiger partial charge < -0.3 is 4.57 Å². The molecule has 17 heavy (non-hydrogen) atoms. The van der Waals surface area contributed by atoms with Crippen molar-refractivity contribution in [2.24, 2.45) is 7.05 Å².